The van der Waals surface area contributed by atoms with E-state index >= 15 is 0 Å². The van der Waals surface area contributed by atoms with Gasteiger partial charge in [0.05, 0.1) is 22.8 Å². The molecule has 4 rings (SSSR count). The third kappa shape index (κ3) is 3.88. The van der Waals surface area contributed by atoms with E-state index in [0.29, 0.717) is 6.42 Å². The number of rotatable bonds is 4. The Morgan fingerprint density at radius 1 is 0.515 bits per heavy atom. The van der Waals surface area contributed by atoms with Gasteiger partial charge in [0.2, 0.25) is 0 Å². The normalized spacial score (nSPS) is 11.5. The van der Waals surface area contributed by atoms with E-state index in [1.54, 1.807) is 0 Å². The molecule has 0 bridgehead atoms. The molecule has 0 N–H and O–H groups in total. The van der Waals surface area contributed by atoms with Gasteiger partial charge < -0.3 is 0 Å². The summed E-state index contributed by atoms with van der Waals surface area (Å²) in [6.45, 7) is 21.1. The first-order valence-corrected chi connectivity index (χ1v) is 11.5. The number of nitrogens with zero attached hydrogens (tertiary/aromatic N) is 6. The van der Waals surface area contributed by atoms with Gasteiger partial charge in [-0.2, -0.15) is 10.2 Å². The average molecular weight is 443 g/mol. The largest absolute Gasteiger partial charge is 0.233 e. The van der Waals surface area contributed by atoms with Crippen LogP contribution in [0.4, 0.5) is 0 Å². The lowest BCUT2D eigenvalue weighted by molar-refractivity contribution is 0.791. The standard InChI is InChI=1S/C27H34N6/c1-14-12-32(30-22(14)9)26-20(7)16(3)18(5)24(28-26)11-25-19(6)17(4)21(8)27(29-25)33-13-15(2)23(10)31-33/h12-13H,11H2,1-10H3. The van der Waals surface area contributed by atoms with Crippen molar-refractivity contribution < 1.29 is 0 Å². The molecule has 0 radical (unpaired) electrons. The Hall–Kier alpha value is -3.28. The fraction of sp³-hybridized carbons (Fsp3) is 0.407. The van der Waals surface area contributed by atoms with Crippen LogP contribution in [0.5, 0.6) is 0 Å². The zero-order valence-electron chi connectivity index (χ0n) is 21.5. The number of pyridine rings is 2. The van der Waals surface area contributed by atoms with Crippen LogP contribution >= 0.6 is 0 Å². The third-order valence-corrected chi connectivity index (χ3v) is 7.33. The molecule has 4 heterocycles. The molecule has 0 aliphatic carbocycles. The summed E-state index contributed by atoms with van der Waals surface area (Å²) in [6, 6.07) is 0. The molecule has 0 saturated heterocycles. The molecule has 33 heavy (non-hydrogen) atoms. The summed E-state index contributed by atoms with van der Waals surface area (Å²) in [6.07, 6.45) is 4.78. The van der Waals surface area contributed by atoms with Crippen LogP contribution in [0.1, 0.15) is 67.3 Å². The summed E-state index contributed by atoms with van der Waals surface area (Å²) < 4.78 is 3.83. The van der Waals surface area contributed by atoms with Gasteiger partial charge in [0.15, 0.2) is 11.6 Å². The van der Waals surface area contributed by atoms with Crippen molar-refractivity contribution in [2.45, 2.75) is 75.7 Å². The van der Waals surface area contributed by atoms with Crippen LogP contribution < -0.4 is 0 Å². The summed E-state index contributed by atoms with van der Waals surface area (Å²) >= 11 is 0. The Kier molecular flexibility index (Phi) is 5.72. The van der Waals surface area contributed by atoms with E-state index in [0.717, 1.165) is 56.7 Å². The van der Waals surface area contributed by atoms with Gasteiger partial charge in [-0.05, 0) is 114 Å². The van der Waals surface area contributed by atoms with Crippen molar-refractivity contribution in [3.8, 4) is 11.6 Å². The lowest BCUT2D eigenvalue weighted by Gasteiger charge is -2.18. The number of aromatic nitrogens is 6. The molecule has 0 spiro atoms. The second kappa shape index (κ2) is 8.25. The minimum atomic E-state index is 0.665. The summed E-state index contributed by atoms with van der Waals surface area (Å²) in [4.78, 5) is 10.2. The molecule has 0 fully saturated rings. The zero-order valence-corrected chi connectivity index (χ0v) is 21.5. The van der Waals surface area contributed by atoms with Crippen molar-refractivity contribution in [1.29, 1.82) is 0 Å². The predicted octanol–water partition coefficient (Wildman–Crippen LogP) is 5.52. The van der Waals surface area contributed by atoms with Crippen LogP contribution in [-0.4, -0.2) is 29.5 Å². The smallest absolute Gasteiger partial charge is 0.156 e. The van der Waals surface area contributed by atoms with E-state index < -0.39 is 0 Å². The molecule has 4 aromatic heterocycles. The molecule has 0 unspecified atom stereocenters. The number of aryl methyl sites for hydroxylation is 4. The minimum Gasteiger partial charge on any atom is -0.233 e. The second-order valence-electron chi connectivity index (χ2n) is 9.38. The molecule has 172 valence electrons. The van der Waals surface area contributed by atoms with E-state index in [9.17, 15) is 0 Å². The molecule has 4 aromatic rings. The lowest BCUT2D eigenvalue weighted by Crippen LogP contribution is -2.12. The predicted molar refractivity (Wildman–Crippen MR) is 133 cm³/mol. The molecule has 0 amide bonds. The third-order valence-electron chi connectivity index (χ3n) is 7.33. The van der Waals surface area contributed by atoms with Gasteiger partial charge in [-0.25, -0.2) is 19.3 Å². The average Bonchev–Trinajstić information content (AvgIpc) is 3.28. The molecule has 6 nitrogen and oxygen atoms in total. The highest BCUT2D eigenvalue weighted by Gasteiger charge is 2.19. The van der Waals surface area contributed by atoms with E-state index in [4.69, 9.17) is 20.2 Å². The van der Waals surface area contributed by atoms with Crippen LogP contribution in [0.25, 0.3) is 11.6 Å². The summed E-state index contributed by atoms with van der Waals surface area (Å²) in [5.74, 6) is 1.79. The Bertz CT molecular complexity index is 1240. The van der Waals surface area contributed by atoms with Gasteiger partial charge in [0, 0.05) is 18.8 Å². The Morgan fingerprint density at radius 2 is 0.879 bits per heavy atom. The topological polar surface area (TPSA) is 61.4 Å². The van der Waals surface area contributed by atoms with Gasteiger partial charge >= 0.3 is 0 Å². The fourth-order valence-electron chi connectivity index (χ4n) is 4.18. The van der Waals surface area contributed by atoms with Crippen molar-refractivity contribution >= 4 is 0 Å². The molecule has 0 saturated carbocycles. The van der Waals surface area contributed by atoms with Crippen LogP contribution in [0.15, 0.2) is 12.4 Å². The van der Waals surface area contributed by atoms with Crippen LogP contribution in [0.3, 0.4) is 0 Å². The number of hydrogen-bond donors (Lipinski definition) is 0. The Morgan fingerprint density at radius 3 is 1.18 bits per heavy atom. The van der Waals surface area contributed by atoms with Gasteiger partial charge in [-0.1, -0.05) is 0 Å². The van der Waals surface area contributed by atoms with Crippen molar-refractivity contribution in [1.82, 2.24) is 29.5 Å². The van der Waals surface area contributed by atoms with Crippen molar-refractivity contribution in [3.63, 3.8) is 0 Å². The first-order valence-electron chi connectivity index (χ1n) is 11.5. The van der Waals surface area contributed by atoms with E-state index in [-0.39, 0.29) is 0 Å². The molecule has 0 aromatic carbocycles. The number of hydrogen-bond acceptors (Lipinski definition) is 4. The molecular weight excluding hydrogens is 408 g/mol. The molecule has 6 heteroatoms. The van der Waals surface area contributed by atoms with Crippen molar-refractivity contribution in [2.75, 3.05) is 0 Å². The summed E-state index contributed by atoms with van der Waals surface area (Å²) in [5, 5.41) is 9.39. The maximum atomic E-state index is 5.10. The van der Waals surface area contributed by atoms with Crippen molar-refractivity contribution in [3.05, 3.63) is 79.7 Å². The van der Waals surface area contributed by atoms with E-state index in [1.807, 2.05) is 23.2 Å². The maximum absolute atomic E-state index is 5.10. The van der Waals surface area contributed by atoms with Gasteiger partial charge in [0.25, 0.3) is 0 Å². The summed E-state index contributed by atoms with van der Waals surface area (Å²) in [7, 11) is 0. The SMILES string of the molecule is Cc1cn(-c2nc(Cc3nc(-n4cc(C)c(C)n4)c(C)c(C)c3C)c(C)c(C)c2C)nc1C. The minimum absolute atomic E-state index is 0.665. The van der Waals surface area contributed by atoms with E-state index in [2.05, 4.69) is 67.8 Å². The first-order chi connectivity index (χ1) is 15.5. The van der Waals surface area contributed by atoms with Crippen LogP contribution in [0.2, 0.25) is 0 Å². The van der Waals surface area contributed by atoms with E-state index in [1.165, 1.54) is 22.3 Å². The molecular formula is C27H34N6. The van der Waals surface area contributed by atoms with Gasteiger partial charge in [0.1, 0.15) is 0 Å². The quantitative estimate of drug-likeness (QED) is 0.417. The molecule has 0 aliphatic heterocycles. The fourth-order valence-corrected chi connectivity index (χ4v) is 4.18. The van der Waals surface area contributed by atoms with Crippen LogP contribution in [-0.2, 0) is 6.42 Å². The Balaban J connectivity index is 1.85. The highest BCUT2D eigenvalue weighted by atomic mass is 15.3. The zero-order chi connectivity index (χ0) is 24.2. The highest BCUT2D eigenvalue weighted by molar-refractivity contribution is 5.49. The molecule has 0 aliphatic rings. The Labute approximate surface area is 196 Å². The monoisotopic (exact) mass is 442 g/mol. The van der Waals surface area contributed by atoms with Gasteiger partial charge in [-0.3, -0.25) is 0 Å². The first kappa shape index (κ1) is 22.9. The summed E-state index contributed by atoms with van der Waals surface area (Å²) in [5.41, 5.74) is 13.7. The van der Waals surface area contributed by atoms with Crippen molar-refractivity contribution in [2.24, 2.45) is 0 Å². The van der Waals surface area contributed by atoms with Crippen LogP contribution in [0, 0.1) is 69.2 Å². The van der Waals surface area contributed by atoms with Gasteiger partial charge in [-0.15, -0.1) is 0 Å². The highest BCUT2D eigenvalue weighted by Crippen LogP contribution is 2.27. The second-order valence-corrected chi connectivity index (χ2v) is 9.38. The lowest BCUT2D eigenvalue weighted by atomic mass is 9.97. The molecule has 0 atom stereocenters. The maximum Gasteiger partial charge on any atom is 0.156 e.